The van der Waals surface area contributed by atoms with E-state index in [1.54, 1.807) is 20.0 Å². The topological polar surface area (TPSA) is 233 Å². The van der Waals surface area contributed by atoms with Crippen molar-refractivity contribution in [2.75, 3.05) is 38.3 Å². The second kappa shape index (κ2) is 30.9. The van der Waals surface area contributed by atoms with Gasteiger partial charge in [0, 0.05) is 42.1 Å². The van der Waals surface area contributed by atoms with Gasteiger partial charge in [-0.3, -0.25) is 39.2 Å². The Balaban J connectivity index is 0.942. The van der Waals surface area contributed by atoms with Gasteiger partial charge in [-0.15, -0.1) is 11.8 Å². The molecule has 85 heavy (non-hydrogen) atoms. The summed E-state index contributed by atoms with van der Waals surface area (Å²) in [7, 11) is -1.47. The van der Waals surface area contributed by atoms with Crippen LogP contribution in [0.1, 0.15) is 99.1 Å². The van der Waals surface area contributed by atoms with E-state index in [9.17, 15) is 28.8 Å². The summed E-state index contributed by atoms with van der Waals surface area (Å²) in [5.74, 6) is -2.23. The molecule has 20 heteroatoms. The Bertz CT molecular complexity index is 3010. The average molecular weight is 1200 g/mol. The maximum Gasteiger partial charge on any atom is 0.346 e. The molecule has 5 aromatic rings. The minimum atomic E-state index is -2.72. The molecular weight excluding hydrogens is 1110 g/mol. The van der Waals surface area contributed by atoms with Gasteiger partial charge >= 0.3 is 11.9 Å². The van der Waals surface area contributed by atoms with Crippen LogP contribution >= 0.6 is 11.8 Å². The van der Waals surface area contributed by atoms with Gasteiger partial charge in [0.05, 0.1) is 57.4 Å². The van der Waals surface area contributed by atoms with Crippen molar-refractivity contribution in [2.45, 2.75) is 154 Å². The predicted octanol–water partition coefficient (Wildman–Crippen LogP) is 5.43. The quantitative estimate of drug-likeness (QED) is 0.0170. The van der Waals surface area contributed by atoms with E-state index in [0.29, 0.717) is 18.8 Å². The first kappa shape index (κ1) is 65.5. The number of methoxy groups -OCH3 is 1. The third-order valence-corrected chi connectivity index (χ3v) is 22.3. The number of amides is 5. The molecule has 0 spiro atoms. The molecule has 4 aromatic carbocycles. The lowest BCUT2D eigenvalue weighted by Gasteiger charge is -2.44. The van der Waals surface area contributed by atoms with Crippen molar-refractivity contribution in [3.8, 4) is 0 Å². The summed E-state index contributed by atoms with van der Waals surface area (Å²) in [6.07, 6.45) is 3.50. The van der Waals surface area contributed by atoms with E-state index in [4.69, 9.17) is 13.9 Å². The minimum absolute atomic E-state index is 0.0794. The van der Waals surface area contributed by atoms with Crippen LogP contribution < -0.4 is 47.6 Å². The molecule has 0 aliphatic carbocycles. The Morgan fingerprint density at radius 1 is 0.694 bits per heavy atom. The predicted molar refractivity (Wildman–Crippen MR) is 338 cm³/mol. The number of H-pyrrole nitrogens is 1. The number of para-hydroxylation sites is 1. The first-order chi connectivity index (χ1) is 40.7. The minimum Gasteiger partial charge on any atom is -0.467 e. The molecule has 0 radical (unpaired) electrons. The number of nitrogens with one attached hydrogen (secondary N) is 8. The van der Waals surface area contributed by atoms with Crippen molar-refractivity contribution >= 4 is 82.8 Å². The summed E-state index contributed by atoms with van der Waals surface area (Å²) in [6, 6.07) is 32.9. The number of ether oxygens (including phenoxy) is 2. The molecule has 2 aliphatic rings. The lowest BCUT2D eigenvalue weighted by atomic mass is 9.97. The van der Waals surface area contributed by atoms with Crippen molar-refractivity contribution in [3.63, 3.8) is 0 Å². The Morgan fingerprint density at radius 3 is 1.89 bits per heavy atom. The van der Waals surface area contributed by atoms with Crippen molar-refractivity contribution in [3.05, 3.63) is 133 Å². The fourth-order valence-corrected chi connectivity index (χ4v) is 16.7. The fraction of sp³-hybridized carbons (Fsp3) is 0.492. The van der Waals surface area contributed by atoms with E-state index in [1.807, 2.05) is 82.3 Å². The highest BCUT2D eigenvalue weighted by molar-refractivity contribution is 8.00. The summed E-state index contributed by atoms with van der Waals surface area (Å²) >= 11 is 1.48. The normalized spacial score (nSPS) is 17.8. The SMILES string of the molecule is CC[C@H](C)[C@H](NC(=O)[C@H](C)NC(=O)CSC[C@@H]1CC[N+]2=C(N[C@H](CO[Si](c3ccccc3)(c3ccccc3)C(C)(C)C)CC2)N1)C(=O)N[C@H](C(=O)N[C@@H](CC(C)C)C(=O)N[C@@H](Cc1c[nH]c2ccccc12)C(=O)OC)[C@@H](C)OCc1ccccc1. The molecule has 1 aromatic heterocycles. The number of rotatable bonds is 29. The fourth-order valence-electron chi connectivity index (χ4n) is 11.2. The molecule has 0 fully saturated rings. The van der Waals surface area contributed by atoms with Crippen LogP contribution in [0.15, 0.2) is 121 Å². The zero-order valence-corrected chi connectivity index (χ0v) is 52.9. The molecule has 458 valence electrons. The molecule has 0 saturated carbocycles. The molecule has 0 saturated heterocycles. The Morgan fingerprint density at radius 2 is 1.27 bits per heavy atom. The molecular formula is C65H90N9O9SSi+. The van der Waals surface area contributed by atoms with Crippen LogP contribution in [0.5, 0.6) is 0 Å². The number of carbonyl (C=O) groups excluding carboxylic acids is 6. The van der Waals surface area contributed by atoms with E-state index >= 15 is 0 Å². The number of guanidine groups is 1. The zero-order chi connectivity index (χ0) is 61.3. The van der Waals surface area contributed by atoms with Gasteiger partial charge in [-0.2, -0.15) is 0 Å². The van der Waals surface area contributed by atoms with Crippen molar-refractivity contribution < 1.29 is 47.2 Å². The van der Waals surface area contributed by atoms with Gasteiger partial charge in [-0.05, 0) is 64.7 Å². The molecule has 18 nitrogen and oxygen atoms in total. The molecule has 7 rings (SSSR count). The summed E-state index contributed by atoms with van der Waals surface area (Å²) in [4.78, 5) is 87.1. The summed E-state index contributed by atoms with van der Waals surface area (Å²) in [5.41, 5.74) is 2.50. The van der Waals surface area contributed by atoms with Gasteiger partial charge < -0.3 is 45.5 Å². The number of fused-ring (bicyclic) bond motifs is 1. The lowest BCUT2D eigenvalue weighted by molar-refractivity contribution is -0.542. The van der Waals surface area contributed by atoms with E-state index < -0.39 is 80.1 Å². The molecule has 3 heterocycles. The number of carbonyl (C=O) groups is 6. The van der Waals surface area contributed by atoms with Gasteiger partial charge in [0.15, 0.2) is 0 Å². The van der Waals surface area contributed by atoms with Crippen LogP contribution in [-0.4, -0.2) is 146 Å². The molecule has 0 bridgehead atoms. The number of esters is 1. The van der Waals surface area contributed by atoms with Crippen LogP contribution in [0, 0.1) is 11.8 Å². The molecule has 5 amide bonds. The highest BCUT2D eigenvalue weighted by Crippen LogP contribution is 2.37. The molecule has 2 aliphatic heterocycles. The highest BCUT2D eigenvalue weighted by Gasteiger charge is 2.51. The summed E-state index contributed by atoms with van der Waals surface area (Å²) in [6.45, 7) is 20.1. The number of hydrogen-bond acceptors (Lipinski definition) is 12. The Kier molecular flexibility index (Phi) is 23.8. The average Bonchev–Trinajstić information content (AvgIpc) is 2.63. The largest absolute Gasteiger partial charge is 0.467 e. The number of aromatic amines is 1. The number of nitrogens with zero attached hydrogens (tertiary/aromatic N) is 1. The third kappa shape index (κ3) is 17.6. The van der Waals surface area contributed by atoms with Crippen LogP contribution in [-0.2, 0) is 55.7 Å². The van der Waals surface area contributed by atoms with E-state index in [-0.39, 0.29) is 54.1 Å². The van der Waals surface area contributed by atoms with Crippen LogP contribution in [0.4, 0.5) is 0 Å². The summed E-state index contributed by atoms with van der Waals surface area (Å²) in [5, 5.41) is 25.0. The number of thioether (sulfide) groups is 1. The smallest absolute Gasteiger partial charge is 0.346 e. The maximum atomic E-state index is 14.6. The van der Waals surface area contributed by atoms with Gasteiger partial charge in [0.2, 0.25) is 29.5 Å². The number of benzene rings is 4. The zero-order valence-electron chi connectivity index (χ0n) is 51.1. The monoisotopic (exact) mass is 1200 g/mol. The van der Waals surface area contributed by atoms with Gasteiger partial charge in [0.1, 0.15) is 30.2 Å². The third-order valence-electron chi connectivity index (χ3n) is 16.2. The van der Waals surface area contributed by atoms with E-state index in [0.717, 1.165) is 53.9 Å². The van der Waals surface area contributed by atoms with Crippen LogP contribution in [0.25, 0.3) is 10.9 Å². The van der Waals surface area contributed by atoms with Crippen molar-refractivity contribution in [1.82, 2.24) is 42.2 Å². The number of aromatic nitrogens is 1. The highest BCUT2D eigenvalue weighted by atomic mass is 32.2. The van der Waals surface area contributed by atoms with E-state index in [1.165, 1.54) is 29.2 Å². The standard InChI is InChI=1S/C65H89N9O9SSi/c1-11-43(4)57(61(78)73-58(45(6)82-38-46-23-15-12-16-24-46)62(79)70-54(35-42(2)3)60(77)71-55(63(80)81-10)36-47-37-66-53-30-22-21-29-52(47)53)72-59(76)44(5)67-56(75)41-84-40-49-32-34-74-33-31-48(68-64(74)69-49)39-83-85(65(7,8)9,50-25-17-13-18-26-50)51-27-19-14-20-28-51/h12-30,37,42-45,48-49,54-55,57-58,66H,11,31-36,38-41H2,1-10H3,(H6,67,68,69,70,71,72,73,75,76,77,78,79)/p+1/t43-,44-,45+,48-,49-,54-,55-,57-,58-/m0/s1. The lowest BCUT2D eigenvalue weighted by Crippen LogP contribution is -2.68. The van der Waals surface area contributed by atoms with Crippen LogP contribution in [0.2, 0.25) is 5.04 Å². The van der Waals surface area contributed by atoms with Crippen molar-refractivity contribution in [2.24, 2.45) is 11.8 Å². The Labute approximate surface area is 507 Å². The number of hydrogen-bond donors (Lipinski definition) is 8. The molecule has 0 unspecified atom stereocenters. The van der Waals surface area contributed by atoms with E-state index in [2.05, 4.69) is 128 Å². The first-order valence-electron chi connectivity index (χ1n) is 30.0. The molecule has 8 N–H and O–H groups in total. The van der Waals surface area contributed by atoms with Gasteiger partial charge in [-0.25, -0.2) is 4.79 Å². The van der Waals surface area contributed by atoms with Gasteiger partial charge in [0.25, 0.3) is 8.32 Å². The van der Waals surface area contributed by atoms with Crippen LogP contribution in [0.3, 0.4) is 0 Å². The Hall–Kier alpha value is -7.00. The summed E-state index contributed by atoms with van der Waals surface area (Å²) < 4.78 is 21.0. The molecule has 9 atom stereocenters. The second-order valence-corrected chi connectivity index (χ2v) is 29.4. The maximum absolute atomic E-state index is 14.6. The first-order valence-corrected chi connectivity index (χ1v) is 33.0. The van der Waals surface area contributed by atoms with Crippen molar-refractivity contribution in [1.29, 1.82) is 0 Å². The van der Waals surface area contributed by atoms with Gasteiger partial charge in [-0.1, -0.05) is 164 Å². The second-order valence-electron chi connectivity index (χ2n) is 24.1.